The standard InChI is InChI=1S/C46H31NO/c1-3-10-32(11-4-1)34-18-20-35(21-19-34)37-24-28-41(29-25-37)47(40-26-22-36(23-27-40)33-12-5-2-6-13-33)44-17-9-16-42-43-30-38-14-7-8-15-39(38)31-45(43)48-46(42)44/h1-31H. The number of fused-ring (bicyclic) bond motifs is 4. The van der Waals surface area contributed by atoms with E-state index in [1.54, 1.807) is 0 Å². The second-order valence-corrected chi connectivity index (χ2v) is 12.2. The van der Waals surface area contributed by atoms with Crippen molar-refractivity contribution in [3.05, 3.63) is 188 Å². The van der Waals surface area contributed by atoms with Gasteiger partial charge in [0.1, 0.15) is 5.58 Å². The molecule has 0 amide bonds. The Morgan fingerprint density at radius 3 is 1.29 bits per heavy atom. The van der Waals surface area contributed by atoms with Crippen molar-refractivity contribution < 1.29 is 4.42 Å². The molecule has 8 aromatic carbocycles. The lowest BCUT2D eigenvalue weighted by Crippen LogP contribution is -2.10. The summed E-state index contributed by atoms with van der Waals surface area (Å²) in [6.45, 7) is 0. The average Bonchev–Trinajstić information content (AvgIpc) is 3.53. The van der Waals surface area contributed by atoms with Crippen molar-refractivity contribution >= 4 is 49.8 Å². The van der Waals surface area contributed by atoms with Crippen LogP contribution in [0.1, 0.15) is 0 Å². The Bertz CT molecular complexity index is 2510. The molecule has 0 aliphatic heterocycles. The van der Waals surface area contributed by atoms with Gasteiger partial charge in [-0.3, -0.25) is 0 Å². The van der Waals surface area contributed by atoms with Crippen LogP contribution in [0.15, 0.2) is 192 Å². The van der Waals surface area contributed by atoms with E-state index in [1.165, 1.54) is 44.2 Å². The van der Waals surface area contributed by atoms with Crippen molar-refractivity contribution in [1.82, 2.24) is 0 Å². The highest BCUT2D eigenvalue weighted by Crippen LogP contribution is 2.43. The molecule has 2 nitrogen and oxygen atoms in total. The molecule has 0 saturated carbocycles. The molecule has 0 N–H and O–H groups in total. The van der Waals surface area contributed by atoms with Crippen LogP contribution in [0, 0.1) is 0 Å². The summed E-state index contributed by atoms with van der Waals surface area (Å²) < 4.78 is 6.71. The van der Waals surface area contributed by atoms with Crippen LogP contribution in [-0.4, -0.2) is 0 Å². The number of furan rings is 1. The third-order valence-corrected chi connectivity index (χ3v) is 9.27. The fourth-order valence-corrected chi connectivity index (χ4v) is 6.79. The predicted molar refractivity (Wildman–Crippen MR) is 202 cm³/mol. The van der Waals surface area contributed by atoms with Gasteiger partial charge in [-0.2, -0.15) is 0 Å². The Labute approximate surface area is 279 Å². The number of para-hydroxylation sites is 1. The minimum absolute atomic E-state index is 0.871. The molecule has 0 aliphatic carbocycles. The van der Waals surface area contributed by atoms with Crippen LogP contribution in [0.4, 0.5) is 17.1 Å². The average molecular weight is 614 g/mol. The molecule has 9 rings (SSSR count). The van der Waals surface area contributed by atoms with Gasteiger partial charge in [0.2, 0.25) is 0 Å². The summed E-state index contributed by atoms with van der Waals surface area (Å²) in [4.78, 5) is 2.31. The lowest BCUT2D eigenvalue weighted by Gasteiger charge is -2.26. The van der Waals surface area contributed by atoms with E-state index in [-0.39, 0.29) is 0 Å². The van der Waals surface area contributed by atoms with Gasteiger partial charge >= 0.3 is 0 Å². The number of anilines is 3. The third kappa shape index (κ3) is 5.01. The van der Waals surface area contributed by atoms with Crippen LogP contribution in [0.5, 0.6) is 0 Å². The summed E-state index contributed by atoms with van der Waals surface area (Å²) in [5, 5.41) is 4.61. The van der Waals surface area contributed by atoms with E-state index >= 15 is 0 Å². The Morgan fingerprint density at radius 2 is 0.771 bits per heavy atom. The molecule has 9 aromatic rings. The highest BCUT2D eigenvalue weighted by atomic mass is 16.3. The van der Waals surface area contributed by atoms with Gasteiger partial charge in [0, 0.05) is 22.1 Å². The molecule has 226 valence electrons. The Hall–Kier alpha value is -6.38. The predicted octanol–water partition coefficient (Wildman–Crippen LogP) is 13.2. The smallest absolute Gasteiger partial charge is 0.159 e. The van der Waals surface area contributed by atoms with E-state index in [2.05, 4.69) is 193 Å². The zero-order valence-corrected chi connectivity index (χ0v) is 26.3. The highest BCUT2D eigenvalue weighted by Gasteiger charge is 2.20. The fourth-order valence-electron chi connectivity index (χ4n) is 6.79. The summed E-state index contributed by atoms with van der Waals surface area (Å²) in [6, 6.07) is 66.8. The lowest BCUT2D eigenvalue weighted by molar-refractivity contribution is 0.669. The molecular formula is C46H31NO. The normalized spacial score (nSPS) is 11.3. The quantitative estimate of drug-likeness (QED) is 0.185. The summed E-state index contributed by atoms with van der Waals surface area (Å²) in [6.07, 6.45) is 0. The zero-order chi connectivity index (χ0) is 31.9. The van der Waals surface area contributed by atoms with E-state index in [1.807, 2.05) is 0 Å². The Kier molecular flexibility index (Phi) is 6.84. The van der Waals surface area contributed by atoms with Crippen molar-refractivity contribution in [1.29, 1.82) is 0 Å². The molecule has 0 aliphatic rings. The van der Waals surface area contributed by atoms with E-state index in [0.717, 1.165) is 39.0 Å². The maximum Gasteiger partial charge on any atom is 0.159 e. The lowest BCUT2D eigenvalue weighted by atomic mass is 10.00. The van der Waals surface area contributed by atoms with Crippen LogP contribution >= 0.6 is 0 Å². The molecule has 0 spiro atoms. The summed E-state index contributed by atoms with van der Waals surface area (Å²) in [5.41, 5.74) is 12.1. The number of benzene rings is 8. The number of nitrogens with zero attached hydrogens (tertiary/aromatic N) is 1. The van der Waals surface area contributed by atoms with Crippen molar-refractivity contribution in [3.63, 3.8) is 0 Å². The maximum atomic E-state index is 6.71. The Morgan fingerprint density at radius 1 is 0.333 bits per heavy atom. The number of hydrogen-bond donors (Lipinski definition) is 0. The molecular weight excluding hydrogens is 583 g/mol. The van der Waals surface area contributed by atoms with Gasteiger partial charge in [0.25, 0.3) is 0 Å². The van der Waals surface area contributed by atoms with E-state index < -0.39 is 0 Å². The van der Waals surface area contributed by atoms with Gasteiger partial charge in [-0.1, -0.05) is 146 Å². The molecule has 0 saturated heterocycles. The second-order valence-electron chi connectivity index (χ2n) is 12.2. The van der Waals surface area contributed by atoms with Gasteiger partial charge in [-0.05, 0) is 86.6 Å². The first-order chi connectivity index (χ1) is 23.8. The molecule has 0 fully saturated rings. The van der Waals surface area contributed by atoms with E-state index in [0.29, 0.717) is 0 Å². The van der Waals surface area contributed by atoms with Gasteiger partial charge < -0.3 is 9.32 Å². The van der Waals surface area contributed by atoms with Crippen LogP contribution in [0.25, 0.3) is 66.1 Å². The molecule has 0 bridgehead atoms. The summed E-state index contributed by atoms with van der Waals surface area (Å²) >= 11 is 0. The van der Waals surface area contributed by atoms with E-state index in [9.17, 15) is 0 Å². The van der Waals surface area contributed by atoms with Crippen molar-refractivity contribution in [3.8, 4) is 33.4 Å². The third-order valence-electron chi connectivity index (χ3n) is 9.27. The van der Waals surface area contributed by atoms with Crippen LogP contribution in [0.3, 0.4) is 0 Å². The minimum Gasteiger partial charge on any atom is -0.454 e. The van der Waals surface area contributed by atoms with Crippen molar-refractivity contribution in [2.45, 2.75) is 0 Å². The summed E-state index contributed by atoms with van der Waals surface area (Å²) in [5.74, 6) is 0. The van der Waals surface area contributed by atoms with Crippen LogP contribution in [0.2, 0.25) is 0 Å². The molecule has 2 heteroatoms. The number of rotatable bonds is 6. The highest BCUT2D eigenvalue weighted by molar-refractivity contribution is 6.13. The fraction of sp³-hybridized carbons (Fsp3) is 0. The first kappa shape index (κ1) is 27.9. The zero-order valence-electron chi connectivity index (χ0n) is 26.3. The summed E-state index contributed by atoms with van der Waals surface area (Å²) in [7, 11) is 0. The largest absolute Gasteiger partial charge is 0.454 e. The molecule has 0 unspecified atom stereocenters. The monoisotopic (exact) mass is 613 g/mol. The van der Waals surface area contributed by atoms with Crippen molar-refractivity contribution in [2.24, 2.45) is 0 Å². The molecule has 0 radical (unpaired) electrons. The molecule has 1 heterocycles. The molecule has 1 aromatic heterocycles. The Balaban J connectivity index is 1.15. The topological polar surface area (TPSA) is 16.4 Å². The van der Waals surface area contributed by atoms with E-state index in [4.69, 9.17) is 4.42 Å². The molecule has 0 atom stereocenters. The SMILES string of the molecule is c1ccc(-c2ccc(-c3ccc(N(c4ccc(-c5ccccc5)cc4)c4cccc5c4oc4cc6ccccc6cc45)cc3)cc2)cc1. The van der Waals surface area contributed by atoms with Gasteiger partial charge in [-0.25, -0.2) is 0 Å². The minimum atomic E-state index is 0.871. The second kappa shape index (κ2) is 11.8. The number of hydrogen-bond acceptors (Lipinski definition) is 2. The van der Waals surface area contributed by atoms with Crippen LogP contribution in [-0.2, 0) is 0 Å². The maximum absolute atomic E-state index is 6.71. The van der Waals surface area contributed by atoms with Crippen molar-refractivity contribution in [2.75, 3.05) is 4.90 Å². The van der Waals surface area contributed by atoms with Gasteiger partial charge in [-0.15, -0.1) is 0 Å². The van der Waals surface area contributed by atoms with Gasteiger partial charge in [0.15, 0.2) is 5.58 Å². The van der Waals surface area contributed by atoms with Gasteiger partial charge in [0.05, 0.1) is 5.69 Å². The first-order valence-electron chi connectivity index (χ1n) is 16.3. The van der Waals surface area contributed by atoms with Crippen LogP contribution < -0.4 is 4.90 Å². The molecule has 48 heavy (non-hydrogen) atoms. The first-order valence-corrected chi connectivity index (χ1v) is 16.3.